The number of benzene rings is 7. The highest BCUT2D eigenvalue weighted by Crippen LogP contribution is 2.35. The van der Waals surface area contributed by atoms with Gasteiger partial charge in [-0.15, -0.1) is 0 Å². The highest BCUT2D eigenvalue weighted by molar-refractivity contribution is 6.05. The fourth-order valence-corrected chi connectivity index (χ4v) is 6.41. The normalized spacial score (nSPS) is 11.3. The molecule has 49 heavy (non-hydrogen) atoms. The standard InChI is InChI=1S/C45H29N3O/c1-4-12-30(13-5-1)33-18-10-20-37(27-33)41-29-40(31-14-6-2-7-15-31)46-44(47-41)38-21-11-19-34(28-38)35-22-24-39-36(26-35)23-25-42-43(39)48-45(49-42)32-16-8-3-9-17-32/h1-29H. The Labute approximate surface area is 284 Å². The summed E-state index contributed by atoms with van der Waals surface area (Å²) in [6, 6.07) is 60.5. The smallest absolute Gasteiger partial charge is 0.227 e. The van der Waals surface area contributed by atoms with Gasteiger partial charge in [-0.25, -0.2) is 15.0 Å². The zero-order valence-electron chi connectivity index (χ0n) is 26.5. The van der Waals surface area contributed by atoms with Gasteiger partial charge in [0.25, 0.3) is 0 Å². The lowest BCUT2D eigenvalue weighted by molar-refractivity contribution is 0.620. The topological polar surface area (TPSA) is 51.8 Å². The molecule has 2 aromatic heterocycles. The zero-order chi connectivity index (χ0) is 32.6. The lowest BCUT2D eigenvalue weighted by atomic mass is 9.98. The molecule has 4 nitrogen and oxygen atoms in total. The molecular weight excluding hydrogens is 599 g/mol. The molecule has 0 radical (unpaired) electrons. The summed E-state index contributed by atoms with van der Waals surface area (Å²) in [7, 11) is 0. The molecular formula is C45H29N3O. The van der Waals surface area contributed by atoms with Gasteiger partial charge in [-0.3, -0.25) is 0 Å². The van der Waals surface area contributed by atoms with Crippen molar-refractivity contribution in [2.24, 2.45) is 0 Å². The van der Waals surface area contributed by atoms with E-state index in [1.165, 1.54) is 5.56 Å². The molecule has 0 bridgehead atoms. The van der Waals surface area contributed by atoms with Crippen molar-refractivity contribution in [3.8, 4) is 67.6 Å². The van der Waals surface area contributed by atoms with E-state index < -0.39 is 0 Å². The molecule has 0 spiro atoms. The second kappa shape index (κ2) is 12.2. The molecule has 0 aliphatic heterocycles. The SMILES string of the molecule is c1ccc(-c2cccc(-c3cc(-c4ccccc4)nc(-c4cccc(-c5ccc6c(ccc7oc(-c8ccccc8)nc76)c5)c4)n3)c2)cc1. The number of aromatic nitrogens is 3. The quantitative estimate of drug-likeness (QED) is 0.184. The molecule has 0 N–H and O–H groups in total. The lowest BCUT2D eigenvalue weighted by Crippen LogP contribution is -1.96. The second-order valence-corrected chi connectivity index (χ2v) is 12.1. The first-order valence-electron chi connectivity index (χ1n) is 16.4. The van der Waals surface area contributed by atoms with Crippen LogP contribution in [-0.2, 0) is 0 Å². The van der Waals surface area contributed by atoms with Gasteiger partial charge in [-0.1, -0.05) is 133 Å². The highest BCUT2D eigenvalue weighted by atomic mass is 16.3. The van der Waals surface area contributed by atoms with Gasteiger partial charge in [0.2, 0.25) is 5.89 Å². The maximum absolute atomic E-state index is 6.13. The van der Waals surface area contributed by atoms with Gasteiger partial charge in [0.05, 0.1) is 11.4 Å². The molecule has 7 aromatic carbocycles. The zero-order valence-corrected chi connectivity index (χ0v) is 26.5. The van der Waals surface area contributed by atoms with Crippen molar-refractivity contribution < 1.29 is 4.42 Å². The number of hydrogen-bond donors (Lipinski definition) is 0. The molecule has 2 heterocycles. The first-order valence-corrected chi connectivity index (χ1v) is 16.4. The molecule has 0 aliphatic rings. The molecule has 0 saturated heterocycles. The minimum Gasteiger partial charge on any atom is -0.436 e. The second-order valence-electron chi connectivity index (χ2n) is 12.1. The Bertz CT molecular complexity index is 2590. The first-order chi connectivity index (χ1) is 24.2. The van der Waals surface area contributed by atoms with Crippen molar-refractivity contribution in [3.63, 3.8) is 0 Å². The fraction of sp³-hybridized carbons (Fsp3) is 0. The Morgan fingerprint density at radius 1 is 0.347 bits per heavy atom. The van der Waals surface area contributed by atoms with E-state index in [1.807, 2.05) is 60.7 Å². The summed E-state index contributed by atoms with van der Waals surface area (Å²) >= 11 is 0. The summed E-state index contributed by atoms with van der Waals surface area (Å²) in [5.41, 5.74) is 11.9. The van der Waals surface area contributed by atoms with Gasteiger partial charge < -0.3 is 4.42 Å². The monoisotopic (exact) mass is 627 g/mol. The molecule has 9 rings (SSSR count). The van der Waals surface area contributed by atoms with Gasteiger partial charge in [0.15, 0.2) is 11.4 Å². The molecule has 230 valence electrons. The number of hydrogen-bond acceptors (Lipinski definition) is 4. The molecule has 0 atom stereocenters. The Morgan fingerprint density at radius 3 is 1.63 bits per heavy atom. The third kappa shape index (κ3) is 5.56. The van der Waals surface area contributed by atoms with E-state index in [0.717, 1.165) is 72.2 Å². The van der Waals surface area contributed by atoms with Crippen molar-refractivity contribution >= 4 is 21.9 Å². The van der Waals surface area contributed by atoms with Crippen LogP contribution in [0.4, 0.5) is 0 Å². The van der Waals surface area contributed by atoms with Gasteiger partial charge >= 0.3 is 0 Å². The average Bonchev–Trinajstić information content (AvgIpc) is 3.64. The molecule has 0 unspecified atom stereocenters. The van der Waals surface area contributed by atoms with E-state index in [-0.39, 0.29) is 0 Å². The van der Waals surface area contributed by atoms with Gasteiger partial charge in [-0.2, -0.15) is 0 Å². The predicted molar refractivity (Wildman–Crippen MR) is 200 cm³/mol. The van der Waals surface area contributed by atoms with Crippen LogP contribution in [-0.4, -0.2) is 15.0 Å². The van der Waals surface area contributed by atoms with E-state index in [9.17, 15) is 0 Å². The van der Waals surface area contributed by atoms with Crippen LogP contribution in [0.15, 0.2) is 180 Å². The van der Waals surface area contributed by atoms with Crippen LogP contribution in [0.1, 0.15) is 0 Å². The molecule has 0 fully saturated rings. The number of rotatable bonds is 6. The maximum Gasteiger partial charge on any atom is 0.227 e. The van der Waals surface area contributed by atoms with Crippen molar-refractivity contribution in [3.05, 3.63) is 176 Å². The van der Waals surface area contributed by atoms with Crippen LogP contribution in [0, 0.1) is 0 Å². The van der Waals surface area contributed by atoms with E-state index in [4.69, 9.17) is 19.4 Å². The van der Waals surface area contributed by atoms with Gasteiger partial charge in [-0.05, 0) is 70.1 Å². The largest absolute Gasteiger partial charge is 0.436 e. The minimum absolute atomic E-state index is 0.628. The third-order valence-corrected chi connectivity index (χ3v) is 8.91. The number of nitrogens with zero attached hydrogens (tertiary/aromatic N) is 3. The fourth-order valence-electron chi connectivity index (χ4n) is 6.41. The summed E-state index contributed by atoms with van der Waals surface area (Å²) in [4.78, 5) is 15.1. The highest BCUT2D eigenvalue weighted by Gasteiger charge is 2.14. The molecule has 4 heteroatoms. The van der Waals surface area contributed by atoms with E-state index in [0.29, 0.717) is 11.7 Å². The lowest BCUT2D eigenvalue weighted by Gasteiger charge is -2.12. The molecule has 0 amide bonds. The number of oxazole rings is 1. The Kier molecular flexibility index (Phi) is 7.10. The minimum atomic E-state index is 0.628. The Balaban J connectivity index is 1.12. The van der Waals surface area contributed by atoms with Crippen LogP contribution in [0.2, 0.25) is 0 Å². The van der Waals surface area contributed by atoms with Crippen molar-refractivity contribution in [1.29, 1.82) is 0 Å². The first kappa shape index (κ1) is 28.6. The summed E-state index contributed by atoms with van der Waals surface area (Å²) in [6.07, 6.45) is 0. The predicted octanol–water partition coefficient (Wildman–Crippen LogP) is 11.8. The molecule has 0 aliphatic carbocycles. The summed E-state index contributed by atoms with van der Waals surface area (Å²) in [5, 5.41) is 2.16. The summed E-state index contributed by atoms with van der Waals surface area (Å²) < 4.78 is 6.13. The van der Waals surface area contributed by atoms with Crippen molar-refractivity contribution in [2.75, 3.05) is 0 Å². The Morgan fingerprint density at radius 2 is 0.898 bits per heavy atom. The van der Waals surface area contributed by atoms with E-state index >= 15 is 0 Å². The maximum atomic E-state index is 6.13. The van der Waals surface area contributed by atoms with Gasteiger partial charge in [0, 0.05) is 27.6 Å². The van der Waals surface area contributed by atoms with Crippen molar-refractivity contribution in [1.82, 2.24) is 15.0 Å². The van der Waals surface area contributed by atoms with Crippen molar-refractivity contribution in [2.45, 2.75) is 0 Å². The molecule has 0 saturated carbocycles. The van der Waals surface area contributed by atoms with Crippen LogP contribution in [0.25, 0.3) is 89.5 Å². The van der Waals surface area contributed by atoms with Gasteiger partial charge in [0.1, 0.15) is 5.52 Å². The number of fused-ring (bicyclic) bond motifs is 3. The van der Waals surface area contributed by atoms with Crippen LogP contribution in [0.3, 0.4) is 0 Å². The van der Waals surface area contributed by atoms with Crippen LogP contribution >= 0.6 is 0 Å². The molecule has 9 aromatic rings. The van der Waals surface area contributed by atoms with E-state index in [1.54, 1.807) is 0 Å². The average molecular weight is 628 g/mol. The summed E-state index contributed by atoms with van der Waals surface area (Å²) in [5.74, 6) is 1.31. The van der Waals surface area contributed by atoms with Crippen LogP contribution < -0.4 is 0 Å². The van der Waals surface area contributed by atoms with E-state index in [2.05, 4.69) is 115 Å². The third-order valence-electron chi connectivity index (χ3n) is 8.91. The summed E-state index contributed by atoms with van der Waals surface area (Å²) in [6.45, 7) is 0. The van der Waals surface area contributed by atoms with Crippen LogP contribution in [0.5, 0.6) is 0 Å². The Hall–Kier alpha value is -6.65.